The molecule has 1 atom stereocenters. The van der Waals surface area contributed by atoms with Crippen molar-refractivity contribution in [2.45, 2.75) is 69.9 Å². The first-order valence-corrected chi connectivity index (χ1v) is 8.47. The Labute approximate surface area is 135 Å². The fraction of sp³-hybridized carbons (Fsp3) is 0.938. The topological polar surface area (TPSA) is 44.4 Å². The van der Waals surface area contributed by atoms with Crippen molar-refractivity contribution in [1.82, 2.24) is 15.5 Å². The maximum absolute atomic E-state index is 12.2. The molecule has 0 aromatic rings. The van der Waals surface area contributed by atoms with Crippen molar-refractivity contribution in [3.8, 4) is 0 Å². The summed E-state index contributed by atoms with van der Waals surface area (Å²) in [6.07, 6.45) is 11.4. The maximum Gasteiger partial charge on any atom is 0.234 e. The lowest BCUT2D eigenvalue weighted by molar-refractivity contribution is -0.123. The lowest BCUT2D eigenvalue weighted by Crippen LogP contribution is -2.49. The Kier molecular flexibility index (Phi) is 9.29. The van der Waals surface area contributed by atoms with Crippen LogP contribution in [-0.2, 0) is 4.79 Å². The van der Waals surface area contributed by atoms with E-state index in [0.717, 1.165) is 13.1 Å². The lowest BCUT2D eigenvalue weighted by Gasteiger charge is -2.32. The second-order valence-electron chi connectivity index (χ2n) is 6.47. The van der Waals surface area contributed by atoms with Gasteiger partial charge >= 0.3 is 0 Å². The van der Waals surface area contributed by atoms with Gasteiger partial charge in [0.2, 0.25) is 5.91 Å². The summed E-state index contributed by atoms with van der Waals surface area (Å²) in [5.74, 6) is 0.229. The van der Waals surface area contributed by atoms with Crippen molar-refractivity contribution in [3.05, 3.63) is 0 Å². The number of carbonyl (C=O) groups is 1. The molecule has 2 fully saturated rings. The Bertz CT molecular complexity index is 287. The molecule has 2 N–H and O–H groups in total. The summed E-state index contributed by atoms with van der Waals surface area (Å²) in [5, 5.41) is 6.60. The van der Waals surface area contributed by atoms with Gasteiger partial charge < -0.3 is 10.6 Å². The largest absolute Gasteiger partial charge is 0.352 e. The standard InChI is InChI=1S/C16H31N3O.ClH/c1-17-15-10-7-11-19(12-15)13-16(20)18-14-8-5-3-2-4-6-9-14;/h14-15,17H,2-13H2,1H3,(H,18,20);1H. The van der Waals surface area contributed by atoms with Crippen molar-refractivity contribution < 1.29 is 4.79 Å². The molecule has 1 saturated carbocycles. The number of nitrogens with one attached hydrogen (secondary N) is 2. The minimum atomic E-state index is 0. The third-order valence-corrected chi connectivity index (χ3v) is 4.75. The maximum atomic E-state index is 12.2. The monoisotopic (exact) mass is 317 g/mol. The Hall–Kier alpha value is -0.320. The molecule has 2 aliphatic rings. The molecular formula is C16H32ClN3O. The molecule has 0 spiro atoms. The van der Waals surface area contributed by atoms with Crippen LogP contribution in [0, 0.1) is 0 Å². The summed E-state index contributed by atoms with van der Waals surface area (Å²) in [4.78, 5) is 14.5. The molecule has 0 radical (unpaired) electrons. The van der Waals surface area contributed by atoms with Gasteiger partial charge in [-0.3, -0.25) is 9.69 Å². The van der Waals surface area contributed by atoms with Gasteiger partial charge in [0.25, 0.3) is 0 Å². The average molecular weight is 318 g/mol. The number of nitrogens with zero attached hydrogens (tertiary/aromatic N) is 1. The molecule has 124 valence electrons. The molecule has 21 heavy (non-hydrogen) atoms. The zero-order chi connectivity index (χ0) is 14.2. The van der Waals surface area contributed by atoms with E-state index in [0.29, 0.717) is 18.6 Å². The number of hydrogen-bond donors (Lipinski definition) is 2. The first-order chi connectivity index (χ1) is 9.78. The minimum Gasteiger partial charge on any atom is -0.352 e. The van der Waals surface area contributed by atoms with Crippen LogP contribution in [0.25, 0.3) is 0 Å². The molecular weight excluding hydrogens is 286 g/mol. The number of hydrogen-bond acceptors (Lipinski definition) is 3. The molecule has 4 nitrogen and oxygen atoms in total. The second-order valence-corrected chi connectivity index (χ2v) is 6.47. The number of carbonyl (C=O) groups excluding carboxylic acids is 1. The third kappa shape index (κ3) is 6.98. The molecule has 1 aliphatic carbocycles. The van der Waals surface area contributed by atoms with Gasteiger partial charge in [-0.2, -0.15) is 0 Å². The van der Waals surface area contributed by atoms with Crippen LogP contribution in [0.15, 0.2) is 0 Å². The Balaban J connectivity index is 0.00000220. The van der Waals surface area contributed by atoms with Crippen LogP contribution in [0.1, 0.15) is 57.8 Å². The van der Waals surface area contributed by atoms with Crippen molar-refractivity contribution in [2.24, 2.45) is 0 Å². The fourth-order valence-corrected chi connectivity index (χ4v) is 3.51. The number of piperidine rings is 1. The highest BCUT2D eigenvalue weighted by Gasteiger charge is 2.21. The zero-order valence-corrected chi connectivity index (χ0v) is 14.2. The molecule has 1 unspecified atom stereocenters. The van der Waals surface area contributed by atoms with Crippen molar-refractivity contribution in [2.75, 3.05) is 26.7 Å². The molecule has 5 heteroatoms. The summed E-state index contributed by atoms with van der Waals surface area (Å²) in [7, 11) is 2.02. The highest BCUT2D eigenvalue weighted by atomic mass is 35.5. The first kappa shape index (κ1) is 18.7. The minimum absolute atomic E-state index is 0. The molecule has 1 amide bonds. The number of likely N-dealkylation sites (tertiary alicyclic amines) is 1. The number of likely N-dealkylation sites (N-methyl/N-ethyl adjacent to an activating group) is 1. The van der Waals surface area contributed by atoms with Crippen LogP contribution in [0.4, 0.5) is 0 Å². The smallest absolute Gasteiger partial charge is 0.234 e. The van der Waals surface area contributed by atoms with Crippen LogP contribution in [-0.4, -0.2) is 49.6 Å². The SMILES string of the molecule is CNC1CCCN(CC(=O)NC2CCCCCCC2)C1.Cl. The first-order valence-electron chi connectivity index (χ1n) is 8.47. The Morgan fingerprint density at radius 3 is 2.29 bits per heavy atom. The van der Waals surface area contributed by atoms with Gasteiger partial charge in [0.15, 0.2) is 0 Å². The molecule has 0 aromatic heterocycles. The van der Waals surface area contributed by atoms with Crippen molar-refractivity contribution >= 4 is 18.3 Å². The van der Waals surface area contributed by atoms with E-state index in [2.05, 4.69) is 15.5 Å². The predicted octanol–water partition coefficient (Wildman–Crippen LogP) is 2.32. The van der Waals surface area contributed by atoms with Crippen LogP contribution in [0.2, 0.25) is 0 Å². The Morgan fingerprint density at radius 2 is 1.62 bits per heavy atom. The lowest BCUT2D eigenvalue weighted by atomic mass is 9.97. The summed E-state index contributed by atoms with van der Waals surface area (Å²) in [5.41, 5.74) is 0. The molecule has 0 aromatic carbocycles. The summed E-state index contributed by atoms with van der Waals surface area (Å²) >= 11 is 0. The van der Waals surface area contributed by atoms with Crippen LogP contribution in [0.3, 0.4) is 0 Å². The van der Waals surface area contributed by atoms with E-state index in [9.17, 15) is 4.79 Å². The average Bonchev–Trinajstić information content (AvgIpc) is 2.42. The van der Waals surface area contributed by atoms with Gasteiger partial charge in [-0.05, 0) is 39.3 Å². The third-order valence-electron chi connectivity index (χ3n) is 4.75. The van der Waals surface area contributed by atoms with E-state index in [1.54, 1.807) is 0 Å². The van der Waals surface area contributed by atoms with E-state index in [1.165, 1.54) is 57.8 Å². The summed E-state index contributed by atoms with van der Waals surface area (Å²) in [6, 6.07) is 0.977. The highest BCUT2D eigenvalue weighted by molar-refractivity contribution is 5.85. The van der Waals surface area contributed by atoms with E-state index in [-0.39, 0.29) is 18.3 Å². The number of halogens is 1. The summed E-state index contributed by atoms with van der Waals surface area (Å²) in [6.45, 7) is 2.65. The normalized spacial score (nSPS) is 25.5. The van der Waals surface area contributed by atoms with Crippen molar-refractivity contribution in [3.63, 3.8) is 0 Å². The van der Waals surface area contributed by atoms with E-state index >= 15 is 0 Å². The highest BCUT2D eigenvalue weighted by Crippen LogP contribution is 2.17. The molecule has 1 saturated heterocycles. The van der Waals surface area contributed by atoms with E-state index in [1.807, 2.05) is 7.05 Å². The Morgan fingerprint density at radius 1 is 1.00 bits per heavy atom. The van der Waals surface area contributed by atoms with Gasteiger partial charge in [-0.1, -0.05) is 32.1 Å². The van der Waals surface area contributed by atoms with Crippen molar-refractivity contribution in [1.29, 1.82) is 0 Å². The van der Waals surface area contributed by atoms with Gasteiger partial charge in [0.1, 0.15) is 0 Å². The van der Waals surface area contributed by atoms with E-state index in [4.69, 9.17) is 0 Å². The van der Waals surface area contributed by atoms with Crippen LogP contribution >= 0.6 is 12.4 Å². The molecule has 0 bridgehead atoms. The quantitative estimate of drug-likeness (QED) is 0.836. The van der Waals surface area contributed by atoms with Gasteiger partial charge in [-0.25, -0.2) is 0 Å². The predicted molar refractivity (Wildman–Crippen MR) is 90.0 cm³/mol. The molecule has 1 aliphatic heterocycles. The van der Waals surface area contributed by atoms with Crippen LogP contribution < -0.4 is 10.6 Å². The zero-order valence-electron chi connectivity index (χ0n) is 13.4. The fourth-order valence-electron chi connectivity index (χ4n) is 3.51. The second kappa shape index (κ2) is 10.4. The van der Waals surface area contributed by atoms with Gasteiger partial charge in [0.05, 0.1) is 6.54 Å². The van der Waals surface area contributed by atoms with Gasteiger partial charge in [0, 0.05) is 18.6 Å². The molecule has 1 heterocycles. The summed E-state index contributed by atoms with van der Waals surface area (Å²) < 4.78 is 0. The number of rotatable bonds is 4. The van der Waals surface area contributed by atoms with Gasteiger partial charge in [-0.15, -0.1) is 12.4 Å². The van der Waals surface area contributed by atoms with E-state index < -0.39 is 0 Å². The number of amides is 1. The van der Waals surface area contributed by atoms with Crippen LogP contribution in [0.5, 0.6) is 0 Å². The molecule has 2 rings (SSSR count).